The van der Waals surface area contributed by atoms with E-state index < -0.39 is 0 Å². The summed E-state index contributed by atoms with van der Waals surface area (Å²) in [6, 6.07) is 12.3. The van der Waals surface area contributed by atoms with Gasteiger partial charge < -0.3 is 19.4 Å². The van der Waals surface area contributed by atoms with Crippen molar-refractivity contribution in [3.63, 3.8) is 0 Å². The smallest absolute Gasteiger partial charge is 0.194 e. The molecule has 1 saturated heterocycles. The van der Waals surface area contributed by atoms with E-state index in [0.29, 0.717) is 13.2 Å². The Labute approximate surface area is 172 Å². The number of benzene rings is 1. The highest BCUT2D eigenvalue weighted by atomic mass is 127. The van der Waals surface area contributed by atoms with Crippen molar-refractivity contribution in [3.05, 3.63) is 59.5 Å². The van der Waals surface area contributed by atoms with Crippen molar-refractivity contribution in [1.82, 2.24) is 10.2 Å². The quantitative estimate of drug-likeness (QED) is 0.412. The third-order valence-electron chi connectivity index (χ3n) is 4.44. The van der Waals surface area contributed by atoms with Crippen LogP contribution in [-0.4, -0.2) is 43.6 Å². The lowest BCUT2D eigenvalue weighted by Gasteiger charge is -2.35. The molecular weight excluding hydrogens is 441 g/mol. The number of halogens is 1. The van der Waals surface area contributed by atoms with Crippen molar-refractivity contribution in [2.45, 2.75) is 26.4 Å². The zero-order chi connectivity index (χ0) is 17.5. The maximum Gasteiger partial charge on any atom is 0.194 e. The number of aryl methyl sites for hydroxylation is 1. The van der Waals surface area contributed by atoms with E-state index in [1.807, 2.05) is 12.1 Å². The predicted molar refractivity (Wildman–Crippen MR) is 115 cm³/mol. The Morgan fingerprint density at radius 3 is 2.85 bits per heavy atom. The van der Waals surface area contributed by atoms with Crippen LogP contribution in [0.1, 0.15) is 29.9 Å². The Bertz CT molecular complexity index is 688. The third-order valence-corrected chi connectivity index (χ3v) is 4.44. The maximum absolute atomic E-state index is 6.03. The minimum absolute atomic E-state index is 0. The molecule has 5 nitrogen and oxygen atoms in total. The second-order valence-corrected chi connectivity index (χ2v) is 6.23. The molecule has 0 radical (unpaired) electrons. The molecule has 1 atom stereocenters. The van der Waals surface area contributed by atoms with Gasteiger partial charge in [0, 0.05) is 26.1 Å². The van der Waals surface area contributed by atoms with E-state index in [-0.39, 0.29) is 30.1 Å². The Kier molecular flexibility index (Phi) is 8.44. The molecular formula is C20H28IN3O2. The molecule has 1 aliphatic rings. The van der Waals surface area contributed by atoms with Crippen LogP contribution >= 0.6 is 24.0 Å². The van der Waals surface area contributed by atoms with Gasteiger partial charge in [-0.15, -0.1) is 24.0 Å². The van der Waals surface area contributed by atoms with Crippen LogP contribution in [-0.2, 0) is 11.2 Å². The van der Waals surface area contributed by atoms with Gasteiger partial charge in [0.15, 0.2) is 5.96 Å². The second-order valence-electron chi connectivity index (χ2n) is 6.23. The molecule has 2 heterocycles. The van der Waals surface area contributed by atoms with E-state index in [0.717, 1.165) is 37.8 Å². The van der Waals surface area contributed by atoms with Gasteiger partial charge >= 0.3 is 0 Å². The lowest BCUT2D eigenvalue weighted by Crippen LogP contribution is -2.48. The summed E-state index contributed by atoms with van der Waals surface area (Å²) >= 11 is 0. The maximum atomic E-state index is 6.03. The van der Waals surface area contributed by atoms with Crippen molar-refractivity contribution < 1.29 is 9.15 Å². The van der Waals surface area contributed by atoms with Gasteiger partial charge in [-0.25, -0.2) is 0 Å². The molecule has 6 heteroatoms. The SMILES string of the molecule is CCNC(=NCCc1ccco1)N1CCOC(c2ccccc2C)C1.I. The van der Waals surface area contributed by atoms with E-state index in [2.05, 4.69) is 48.3 Å². The largest absolute Gasteiger partial charge is 0.469 e. The van der Waals surface area contributed by atoms with E-state index in [4.69, 9.17) is 14.1 Å². The molecule has 1 aliphatic heterocycles. The number of rotatable bonds is 5. The van der Waals surface area contributed by atoms with Gasteiger partial charge in [0.1, 0.15) is 11.9 Å². The average molecular weight is 469 g/mol. The van der Waals surface area contributed by atoms with Crippen LogP contribution in [0.25, 0.3) is 0 Å². The van der Waals surface area contributed by atoms with Gasteiger partial charge in [-0.1, -0.05) is 24.3 Å². The minimum Gasteiger partial charge on any atom is -0.469 e. The third kappa shape index (κ3) is 5.48. The van der Waals surface area contributed by atoms with Crippen LogP contribution in [0.4, 0.5) is 0 Å². The summed E-state index contributed by atoms with van der Waals surface area (Å²) < 4.78 is 11.4. The first kappa shape index (κ1) is 20.8. The lowest BCUT2D eigenvalue weighted by atomic mass is 10.0. The molecule has 3 rings (SSSR count). The molecule has 1 N–H and O–H groups in total. The highest BCUT2D eigenvalue weighted by Gasteiger charge is 2.25. The van der Waals surface area contributed by atoms with Gasteiger partial charge in [-0.3, -0.25) is 4.99 Å². The van der Waals surface area contributed by atoms with Crippen molar-refractivity contribution in [2.24, 2.45) is 4.99 Å². The average Bonchev–Trinajstić information content (AvgIpc) is 3.15. The van der Waals surface area contributed by atoms with Crippen molar-refractivity contribution in [1.29, 1.82) is 0 Å². The lowest BCUT2D eigenvalue weighted by molar-refractivity contribution is -0.00832. The monoisotopic (exact) mass is 469 g/mol. The summed E-state index contributed by atoms with van der Waals surface area (Å²) in [5, 5.41) is 3.41. The number of hydrogen-bond acceptors (Lipinski definition) is 3. The number of ether oxygens (including phenoxy) is 1. The molecule has 142 valence electrons. The Morgan fingerprint density at radius 1 is 1.27 bits per heavy atom. The first-order chi connectivity index (χ1) is 12.3. The number of morpholine rings is 1. The Hall–Kier alpha value is -1.54. The number of nitrogens with zero attached hydrogens (tertiary/aromatic N) is 2. The number of furan rings is 1. The highest BCUT2D eigenvalue weighted by molar-refractivity contribution is 14.0. The van der Waals surface area contributed by atoms with E-state index >= 15 is 0 Å². The molecule has 1 aromatic heterocycles. The van der Waals surface area contributed by atoms with Gasteiger partial charge in [0.05, 0.1) is 19.4 Å². The van der Waals surface area contributed by atoms with Gasteiger partial charge in [0.2, 0.25) is 0 Å². The fraction of sp³-hybridized carbons (Fsp3) is 0.450. The normalized spacial score (nSPS) is 17.7. The van der Waals surface area contributed by atoms with Crippen LogP contribution in [0, 0.1) is 6.92 Å². The minimum atomic E-state index is 0. The molecule has 0 aliphatic carbocycles. The van der Waals surface area contributed by atoms with Crippen LogP contribution < -0.4 is 5.32 Å². The van der Waals surface area contributed by atoms with Crippen molar-refractivity contribution in [3.8, 4) is 0 Å². The standard InChI is InChI=1S/C20H27N3O2.HI/c1-3-21-20(22-11-10-17-8-6-13-24-17)23-12-14-25-19(15-23)18-9-5-4-7-16(18)2;/h4-9,13,19H,3,10-12,14-15H2,1-2H3,(H,21,22);1H. The van der Waals surface area contributed by atoms with Crippen LogP contribution in [0.5, 0.6) is 0 Å². The number of guanidine groups is 1. The van der Waals surface area contributed by atoms with Gasteiger partial charge in [-0.05, 0) is 37.1 Å². The molecule has 1 aromatic carbocycles. The van der Waals surface area contributed by atoms with Gasteiger partial charge in [0.25, 0.3) is 0 Å². The first-order valence-corrected chi connectivity index (χ1v) is 9.00. The molecule has 1 unspecified atom stereocenters. The second kappa shape index (κ2) is 10.6. The summed E-state index contributed by atoms with van der Waals surface area (Å²) in [4.78, 5) is 7.08. The summed E-state index contributed by atoms with van der Waals surface area (Å²) in [5.41, 5.74) is 2.53. The Morgan fingerprint density at radius 2 is 2.12 bits per heavy atom. The summed E-state index contributed by atoms with van der Waals surface area (Å²) in [6.45, 7) is 8.18. The Balaban J connectivity index is 0.00000243. The fourth-order valence-corrected chi connectivity index (χ4v) is 3.13. The number of hydrogen-bond donors (Lipinski definition) is 1. The summed E-state index contributed by atoms with van der Waals surface area (Å²) in [6.07, 6.45) is 2.61. The van der Waals surface area contributed by atoms with Crippen LogP contribution in [0.2, 0.25) is 0 Å². The molecule has 0 bridgehead atoms. The molecule has 0 saturated carbocycles. The van der Waals surface area contributed by atoms with E-state index in [9.17, 15) is 0 Å². The van der Waals surface area contributed by atoms with Crippen molar-refractivity contribution >= 4 is 29.9 Å². The first-order valence-electron chi connectivity index (χ1n) is 9.00. The van der Waals surface area contributed by atoms with E-state index in [1.54, 1.807) is 6.26 Å². The fourth-order valence-electron chi connectivity index (χ4n) is 3.13. The molecule has 0 spiro atoms. The molecule has 2 aromatic rings. The predicted octanol–water partition coefficient (Wildman–Crippen LogP) is 3.79. The summed E-state index contributed by atoms with van der Waals surface area (Å²) in [5.74, 6) is 1.93. The zero-order valence-electron chi connectivity index (χ0n) is 15.5. The molecule has 26 heavy (non-hydrogen) atoms. The molecule has 1 fully saturated rings. The van der Waals surface area contributed by atoms with Crippen LogP contribution in [0.15, 0.2) is 52.1 Å². The summed E-state index contributed by atoms with van der Waals surface area (Å²) in [7, 11) is 0. The number of aliphatic imine (C=N–C) groups is 1. The molecule has 0 amide bonds. The number of nitrogens with one attached hydrogen (secondary N) is 1. The van der Waals surface area contributed by atoms with E-state index in [1.165, 1.54) is 11.1 Å². The zero-order valence-corrected chi connectivity index (χ0v) is 17.8. The highest BCUT2D eigenvalue weighted by Crippen LogP contribution is 2.24. The topological polar surface area (TPSA) is 50.0 Å². The van der Waals surface area contributed by atoms with Crippen LogP contribution in [0.3, 0.4) is 0 Å². The van der Waals surface area contributed by atoms with Gasteiger partial charge in [-0.2, -0.15) is 0 Å². The van der Waals surface area contributed by atoms with Crippen molar-refractivity contribution in [2.75, 3.05) is 32.8 Å².